The zero-order chi connectivity index (χ0) is 18.2. The van der Waals surface area contributed by atoms with Crippen molar-refractivity contribution >= 4 is 38.5 Å². The van der Waals surface area contributed by atoms with E-state index in [0.717, 1.165) is 26.3 Å². The normalized spacial score (nSPS) is 11.3. The van der Waals surface area contributed by atoms with E-state index in [1.54, 1.807) is 12.1 Å². The fourth-order valence-electron chi connectivity index (χ4n) is 2.89. The van der Waals surface area contributed by atoms with Crippen LogP contribution in [0.15, 0.2) is 65.1 Å². The third-order valence-electron chi connectivity index (χ3n) is 4.19. The first kappa shape index (κ1) is 15.8. The molecule has 0 spiro atoms. The molecule has 0 atom stereocenters. The van der Waals surface area contributed by atoms with Gasteiger partial charge in [-0.05, 0) is 36.4 Å². The van der Waals surface area contributed by atoms with E-state index in [1.807, 2.05) is 48.5 Å². The van der Waals surface area contributed by atoms with E-state index in [1.165, 1.54) is 11.3 Å². The number of thiazole rings is 1. The maximum Gasteiger partial charge on any atom is 0.287 e. The van der Waals surface area contributed by atoms with Crippen LogP contribution in [0.2, 0.25) is 0 Å². The Morgan fingerprint density at radius 3 is 2.67 bits per heavy atom. The highest BCUT2D eigenvalue weighted by atomic mass is 32.1. The van der Waals surface area contributed by atoms with Crippen LogP contribution in [-0.4, -0.2) is 20.9 Å². The second-order valence-electron chi connectivity index (χ2n) is 6.03. The molecule has 0 bridgehead atoms. The van der Waals surface area contributed by atoms with Gasteiger partial charge in [-0.25, -0.2) is 9.97 Å². The number of aromatic amines is 1. The molecule has 0 unspecified atom stereocenters. The molecule has 1 amide bonds. The summed E-state index contributed by atoms with van der Waals surface area (Å²) in [6.07, 6.45) is 0. The summed E-state index contributed by atoms with van der Waals surface area (Å²) < 4.78 is 6.80. The van der Waals surface area contributed by atoms with Crippen molar-refractivity contribution in [1.82, 2.24) is 20.3 Å². The van der Waals surface area contributed by atoms with Crippen molar-refractivity contribution in [2.24, 2.45) is 0 Å². The fourth-order valence-corrected chi connectivity index (χ4v) is 3.82. The lowest BCUT2D eigenvalue weighted by Gasteiger charge is -2.00. The van der Waals surface area contributed by atoms with Crippen molar-refractivity contribution in [3.05, 3.63) is 72.2 Å². The van der Waals surface area contributed by atoms with Crippen LogP contribution in [0.5, 0.6) is 0 Å². The lowest BCUT2D eigenvalue weighted by atomic mass is 10.3. The molecule has 2 aromatic carbocycles. The summed E-state index contributed by atoms with van der Waals surface area (Å²) in [4.78, 5) is 24.6. The summed E-state index contributed by atoms with van der Waals surface area (Å²) in [5.74, 6) is 1.25. The second-order valence-corrected chi connectivity index (χ2v) is 7.06. The van der Waals surface area contributed by atoms with Crippen LogP contribution >= 0.6 is 11.3 Å². The van der Waals surface area contributed by atoms with Gasteiger partial charge in [-0.1, -0.05) is 24.3 Å². The SMILES string of the molecule is O=C(NCc1nc2ccccc2[nH]1)c1ccc(-c2nc3ccccc3s2)o1. The number of hydrogen-bond acceptors (Lipinski definition) is 5. The summed E-state index contributed by atoms with van der Waals surface area (Å²) in [5, 5.41) is 3.58. The Hall–Kier alpha value is -3.45. The lowest BCUT2D eigenvalue weighted by Crippen LogP contribution is -2.22. The minimum absolute atomic E-state index is 0.250. The number of furan rings is 1. The molecular formula is C20H14N4O2S. The lowest BCUT2D eigenvalue weighted by molar-refractivity contribution is 0.0923. The van der Waals surface area contributed by atoms with Gasteiger partial charge in [0, 0.05) is 0 Å². The number of carbonyl (C=O) groups is 1. The zero-order valence-electron chi connectivity index (χ0n) is 14.1. The molecule has 0 aliphatic heterocycles. The van der Waals surface area contributed by atoms with E-state index >= 15 is 0 Å². The summed E-state index contributed by atoms with van der Waals surface area (Å²) in [6, 6.07) is 19.1. The van der Waals surface area contributed by atoms with Crippen LogP contribution in [0.25, 0.3) is 32.0 Å². The average molecular weight is 374 g/mol. The Bertz CT molecular complexity index is 1200. The molecule has 3 heterocycles. The monoisotopic (exact) mass is 374 g/mol. The predicted octanol–water partition coefficient (Wildman–Crippen LogP) is 4.36. The maximum atomic E-state index is 12.4. The number of H-pyrrole nitrogens is 1. The third-order valence-corrected chi connectivity index (χ3v) is 5.24. The van der Waals surface area contributed by atoms with Gasteiger partial charge in [0.1, 0.15) is 5.82 Å². The average Bonchev–Trinajstić information content (AvgIpc) is 3.42. The molecule has 2 N–H and O–H groups in total. The number of imidazole rings is 1. The fraction of sp³-hybridized carbons (Fsp3) is 0.0500. The van der Waals surface area contributed by atoms with E-state index in [9.17, 15) is 4.79 Å². The second kappa shape index (κ2) is 6.37. The van der Waals surface area contributed by atoms with Crippen molar-refractivity contribution in [2.75, 3.05) is 0 Å². The van der Waals surface area contributed by atoms with Crippen LogP contribution in [0.4, 0.5) is 0 Å². The van der Waals surface area contributed by atoms with E-state index in [0.29, 0.717) is 18.1 Å². The van der Waals surface area contributed by atoms with Gasteiger partial charge in [-0.15, -0.1) is 11.3 Å². The van der Waals surface area contributed by atoms with Gasteiger partial charge in [-0.3, -0.25) is 4.79 Å². The van der Waals surface area contributed by atoms with Crippen molar-refractivity contribution < 1.29 is 9.21 Å². The number of para-hydroxylation sites is 3. The number of hydrogen-bond donors (Lipinski definition) is 2. The molecule has 0 radical (unpaired) electrons. The number of carbonyl (C=O) groups excluding carboxylic acids is 1. The summed E-state index contributed by atoms with van der Waals surface area (Å²) in [5.41, 5.74) is 2.74. The highest BCUT2D eigenvalue weighted by Crippen LogP contribution is 2.31. The van der Waals surface area contributed by atoms with E-state index < -0.39 is 0 Å². The molecular weight excluding hydrogens is 360 g/mol. The van der Waals surface area contributed by atoms with Crippen molar-refractivity contribution in [2.45, 2.75) is 6.54 Å². The molecule has 0 saturated carbocycles. The summed E-state index contributed by atoms with van der Waals surface area (Å²) >= 11 is 1.54. The molecule has 0 aliphatic carbocycles. The molecule has 132 valence electrons. The quantitative estimate of drug-likeness (QED) is 0.489. The number of benzene rings is 2. The van der Waals surface area contributed by atoms with Crippen molar-refractivity contribution in [3.63, 3.8) is 0 Å². The first-order valence-electron chi connectivity index (χ1n) is 8.44. The summed E-state index contributed by atoms with van der Waals surface area (Å²) in [7, 11) is 0. The Kier molecular flexibility index (Phi) is 3.72. The van der Waals surface area contributed by atoms with Gasteiger partial charge in [0.15, 0.2) is 16.5 Å². The molecule has 6 nitrogen and oxygen atoms in total. The zero-order valence-corrected chi connectivity index (χ0v) is 14.9. The molecule has 0 aliphatic rings. The van der Waals surface area contributed by atoms with E-state index in [2.05, 4.69) is 20.3 Å². The Morgan fingerprint density at radius 1 is 1.00 bits per heavy atom. The Labute approximate surface area is 157 Å². The molecule has 0 fully saturated rings. The molecule has 5 rings (SSSR count). The molecule has 27 heavy (non-hydrogen) atoms. The van der Waals surface area contributed by atoms with E-state index in [-0.39, 0.29) is 11.7 Å². The number of rotatable bonds is 4. The molecule has 3 aromatic heterocycles. The first-order valence-corrected chi connectivity index (χ1v) is 9.25. The first-order chi connectivity index (χ1) is 13.3. The van der Waals surface area contributed by atoms with Crippen LogP contribution < -0.4 is 5.32 Å². The Morgan fingerprint density at radius 2 is 1.81 bits per heavy atom. The highest BCUT2D eigenvalue weighted by molar-refractivity contribution is 7.21. The Balaban J connectivity index is 1.32. The van der Waals surface area contributed by atoms with Gasteiger partial charge in [0.25, 0.3) is 5.91 Å². The van der Waals surface area contributed by atoms with Gasteiger partial charge in [0.05, 0.1) is 27.8 Å². The standard InChI is InChI=1S/C20H14N4O2S/c25-19(21-11-18-22-12-5-1-2-6-13(12)23-18)15-9-10-16(26-15)20-24-14-7-3-4-8-17(14)27-20/h1-10H,11H2,(H,21,25)(H,22,23). The van der Waals surface area contributed by atoms with Crippen LogP contribution in [0, 0.1) is 0 Å². The van der Waals surface area contributed by atoms with Gasteiger partial charge >= 0.3 is 0 Å². The molecule has 5 aromatic rings. The number of fused-ring (bicyclic) bond motifs is 2. The number of amides is 1. The smallest absolute Gasteiger partial charge is 0.287 e. The van der Waals surface area contributed by atoms with Crippen molar-refractivity contribution in [1.29, 1.82) is 0 Å². The van der Waals surface area contributed by atoms with Crippen LogP contribution in [0.3, 0.4) is 0 Å². The minimum Gasteiger partial charge on any atom is -0.448 e. The highest BCUT2D eigenvalue weighted by Gasteiger charge is 2.15. The number of nitrogens with zero attached hydrogens (tertiary/aromatic N) is 2. The maximum absolute atomic E-state index is 12.4. The molecule has 0 saturated heterocycles. The van der Waals surface area contributed by atoms with Crippen LogP contribution in [-0.2, 0) is 6.54 Å². The minimum atomic E-state index is -0.289. The van der Waals surface area contributed by atoms with Gasteiger partial charge in [0.2, 0.25) is 0 Å². The number of aromatic nitrogens is 3. The topological polar surface area (TPSA) is 83.8 Å². The van der Waals surface area contributed by atoms with Crippen molar-refractivity contribution in [3.8, 4) is 10.8 Å². The molecule has 7 heteroatoms. The predicted molar refractivity (Wildman–Crippen MR) is 105 cm³/mol. The largest absolute Gasteiger partial charge is 0.448 e. The van der Waals surface area contributed by atoms with Gasteiger partial charge < -0.3 is 14.7 Å². The van der Waals surface area contributed by atoms with Gasteiger partial charge in [-0.2, -0.15) is 0 Å². The van der Waals surface area contributed by atoms with E-state index in [4.69, 9.17) is 4.42 Å². The third kappa shape index (κ3) is 2.98. The number of nitrogens with one attached hydrogen (secondary N) is 2. The summed E-state index contributed by atoms with van der Waals surface area (Å²) in [6.45, 7) is 0.296. The van der Waals surface area contributed by atoms with Crippen LogP contribution in [0.1, 0.15) is 16.4 Å².